The van der Waals surface area contributed by atoms with Crippen LogP contribution in [0.15, 0.2) is 24.3 Å². The molecule has 1 aromatic rings. The Morgan fingerprint density at radius 3 is 2.21 bits per heavy atom. The molecule has 0 fully saturated rings. The van der Waals surface area contributed by atoms with E-state index < -0.39 is 0 Å². The van der Waals surface area contributed by atoms with Crippen molar-refractivity contribution in [3.63, 3.8) is 0 Å². The summed E-state index contributed by atoms with van der Waals surface area (Å²) in [5.41, 5.74) is 6.77. The number of benzene rings is 1. The van der Waals surface area contributed by atoms with Crippen molar-refractivity contribution in [1.29, 1.82) is 0 Å². The second kappa shape index (κ2) is 9.37. The van der Waals surface area contributed by atoms with Crippen molar-refractivity contribution in [2.24, 2.45) is 17.6 Å². The Balaban J connectivity index is 2.61. The maximum absolute atomic E-state index is 12.9. The number of nitrogens with one attached hydrogen (secondary N) is 2. The quantitative estimate of drug-likeness (QED) is 0.682. The molecule has 0 saturated carbocycles. The highest BCUT2D eigenvalue weighted by Gasteiger charge is 2.24. The first-order valence-electron chi connectivity index (χ1n) is 8.28. The summed E-state index contributed by atoms with van der Waals surface area (Å²) in [6.07, 6.45) is 1.21. The molecule has 0 saturated heterocycles. The highest BCUT2D eigenvalue weighted by molar-refractivity contribution is 5.92. The molecule has 0 radical (unpaired) electrons. The summed E-state index contributed by atoms with van der Waals surface area (Å²) in [4.78, 5) is 23.6. The summed E-state index contributed by atoms with van der Waals surface area (Å²) < 4.78 is 12.9. The molecule has 0 spiro atoms. The Bertz CT molecular complexity index is 546. The zero-order chi connectivity index (χ0) is 18.3. The predicted octanol–water partition coefficient (Wildman–Crippen LogP) is 2.67. The first kappa shape index (κ1) is 20.1. The van der Waals surface area contributed by atoms with Crippen LogP contribution in [0.5, 0.6) is 0 Å². The van der Waals surface area contributed by atoms with Gasteiger partial charge in [-0.1, -0.05) is 20.8 Å². The summed E-state index contributed by atoms with van der Waals surface area (Å²) >= 11 is 0. The molecule has 0 aliphatic carbocycles. The molecule has 6 heteroatoms. The summed E-state index contributed by atoms with van der Waals surface area (Å²) in [6.45, 7) is 7.38. The molecular weight excluding hydrogens is 309 g/mol. The minimum atomic E-state index is -0.352. The van der Waals surface area contributed by atoms with Crippen molar-refractivity contribution in [3.05, 3.63) is 30.1 Å². The van der Waals surface area contributed by atoms with E-state index in [4.69, 9.17) is 5.73 Å². The molecule has 1 rings (SSSR count). The predicted molar refractivity (Wildman–Crippen MR) is 93.8 cm³/mol. The summed E-state index contributed by atoms with van der Waals surface area (Å²) in [6, 6.07) is 5.13. The lowest BCUT2D eigenvalue weighted by Crippen LogP contribution is -2.49. The minimum absolute atomic E-state index is 0.125. The van der Waals surface area contributed by atoms with Crippen molar-refractivity contribution in [2.45, 2.75) is 52.6 Å². The van der Waals surface area contributed by atoms with Crippen LogP contribution in [0.2, 0.25) is 0 Å². The Morgan fingerprint density at radius 2 is 1.71 bits per heavy atom. The van der Waals surface area contributed by atoms with Crippen LogP contribution in [0.3, 0.4) is 0 Å². The van der Waals surface area contributed by atoms with Gasteiger partial charge in [-0.25, -0.2) is 4.39 Å². The van der Waals surface area contributed by atoms with Crippen LogP contribution in [0, 0.1) is 17.7 Å². The lowest BCUT2D eigenvalue weighted by Gasteiger charge is -2.28. The van der Waals surface area contributed by atoms with Gasteiger partial charge < -0.3 is 16.4 Å². The van der Waals surface area contributed by atoms with Crippen LogP contribution >= 0.6 is 0 Å². The Morgan fingerprint density at radius 1 is 1.12 bits per heavy atom. The van der Waals surface area contributed by atoms with E-state index in [1.54, 1.807) is 6.92 Å². The molecule has 24 heavy (non-hydrogen) atoms. The topological polar surface area (TPSA) is 84.2 Å². The molecule has 1 aromatic carbocycles. The third-order valence-corrected chi connectivity index (χ3v) is 3.82. The zero-order valence-electron chi connectivity index (χ0n) is 14.8. The second-order valence-corrected chi connectivity index (χ2v) is 6.73. The van der Waals surface area contributed by atoms with Gasteiger partial charge in [-0.2, -0.15) is 0 Å². The molecule has 0 heterocycles. The zero-order valence-corrected chi connectivity index (χ0v) is 14.8. The fourth-order valence-electron chi connectivity index (χ4n) is 2.59. The largest absolute Gasteiger partial charge is 0.352 e. The molecule has 3 atom stereocenters. The van der Waals surface area contributed by atoms with E-state index in [1.165, 1.54) is 31.2 Å². The van der Waals surface area contributed by atoms with Crippen LogP contribution in [0.1, 0.15) is 40.5 Å². The van der Waals surface area contributed by atoms with Gasteiger partial charge in [-0.05, 0) is 43.0 Å². The van der Waals surface area contributed by atoms with Gasteiger partial charge in [0.1, 0.15) is 5.82 Å². The van der Waals surface area contributed by atoms with Crippen molar-refractivity contribution < 1.29 is 14.0 Å². The Hall–Kier alpha value is -1.95. The summed E-state index contributed by atoms with van der Waals surface area (Å²) in [5, 5.41) is 5.62. The first-order valence-corrected chi connectivity index (χ1v) is 8.28. The van der Waals surface area contributed by atoms with Crippen molar-refractivity contribution in [3.8, 4) is 0 Å². The average Bonchev–Trinajstić information content (AvgIpc) is 2.47. The molecule has 4 N–H and O–H groups in total. The van der Waals surface area contributed by atoms with Gasteiger partial charge in [-0.15, -0.1) is 0 Å². The number of nitrogens with two attached hydrogens (primary N) is 1. The normalized spacial score (nSPS) is 14.8. The smallest absolute Gasteiger partial charge is 0.227 e. The molecule has 0 bridgehead atoms. The third kappa shape index (κ3) is 7.08. The molecule has 2 amide bonds. The average molecular weight is 337 g/mol. The number of amides is 2. The number of carbonyl (C=O) groups is 2. The minimum Gasteiger partial charge on any atom is -0.352 e. The van der Waals surface area contributed by atoms with Crippen LogP contribution in [0.4, 0.5) is 10.1 Å². The number of rotatable bonds is 8. The summed E-state index contributed by atoms with van der Waals surface area (Å²) in [7, 11) is 0. The van der Waals surface area contributed by atoms with Gasteiger partial charge in [0.25, 0.3) is 0 Å². The maximum atomic E-state index is 12.9. The van der Waals surface area contributed by atoms with Crippen molar-refractivity contribution >= 4 is 17.5 Å². The molecule has 0 aromatic heterocycles. The molecule has 3 unspecified atom stereocenters. The third-order valence-electron chi connectivity index (χ3n) is 3.82. The van der Waals surface area contributed by atoms with E-state index in [0.717, 1.165) is 6.42 Å². The van der Waals surface area contributed by atoms with Crippen molar-refractivity contribution in [2.75, 3.05) is 5.32 Å². The molecule has 134 valence electrons. The van der Waals surface area contributed by atoms with Gasteiger partial charge in [0, 0.05) is 30.6 Å². The molecular formula is C18H28FN3O2. The lowest BCUT2D eigenvalue weighted by molar-refractivity contribution is -0.119. The van der Waals surface area contributed by atoms with E-state index in [-0.39, 0.29) is 35.6 Å². The van der Waals surface area contributed by atoms with Gasteiger partial charge >= 0.3 is 0 Å². The number of anilines is 1. The van der Waals surface area contributed by atoms with Gasteiger partial charge in [0.15, 0.2) is 0 Å². The standard InChI is InChI=1S/C18H28FN3O2/c1-11(2)9-17(21-13(4)23)16(20)10-12(3)18(24)22-15-7-5-14(19)6-8-15/h5-8,11-12,16-17H,9-10,20H2,1-4H3,(H,21,23)(H,22,24). The highest BCUT2D eigenvalue weighted by Crippen LogP contribution is 2.16. The first-order chi connectivity index (χ1) is 11.2. The Kier molecular flexibility index (Phi) is 7.85. The monoisotopic (exact) mass is 337 g/mol. The SMILES string of the molecule is CC(=O)NC(CC(C)C)C(N)CC(C)C(=O)Nc1ccc(F)cc1. The van der Waals surface area contributed by atoms with E-state index in [2.05, 4.69) is 24.5 Å². The van der Waals surface area contributed by atoms with Crippen LogP contribution in [-0.2, 0) is 9.59 Å². The van der Waals surface area contributed by atoms with E-state index >= 15 is 0 Å². The van der Waals surface area contributed by atoms with E-state index in [0.29, 0.717) is 18.0 Å². The van der Waals surface area contributed by atoms with Crippen LogP contribution in [0.25, 0.3) is 0 Å². The van der Waals surface area contributed by atoms with Crippen LogP contribution in [-0.4, -0.2) is 23.9 Å². The lowest BCUT2D eigenvalue weighted by atomic mass is 9.91. The fourth-order valence-corrected chi connectivity index (χ4v) is 2.59. The highest BCUT2D eigenvalue weighted by atomic mass is 19.1. The van der Waals surface area contributed by atoms with Gasteiger partial charge in [-0.3, -0.25) is 9.59 Å². The second-order valence-electron chi connectivity index (χ2n) is 6.73. The Labute approximate surface area is 143 Å². The van der Waals surface area contributed by atoms with Crippen molar-refractivity contribution in [1.82, 2.24) is 5.32 Å². The van der Waals surface area contributed by atoms with Gasteiger partial charge in [0.2, 0.25) is 11.8 Å². The maximum Gasteiger partial charge on any atom is 0.227 e. The fraction of sp³-hybridized carbons (Fsp3) is 0.556. The molecule has 0 aliphatic rings. The number of halogens is 1. The van der Waals surface area contributed by atoms with E-state index in [9.17, 15) is 14.0 Å². The molecule has 0 aliphatic heterocycles. The number of hydrogen-bond acceptors (Lipinski definition) is 3. The van der Waals surface area contributed by atoms with Gasteiger partial charge in [0.05, 0.1) is 0 Å². The summed E-state index contributed by atoms with van der Waals surface area (Å²) in [5.74, 6) is -0.595. The number of hydrogen-bond donors (Lipinski definition) is 3. The number of carbonyl (C=O) groups excluding carboxylic acids is 2. The molecule has 5 nitrogen and oxygen atoms in total. The van der Waals surface area contributed by atoms with E-state index in [1.807, 2.05) is 0 Å². The van der Waals surface area contributed by atoms with Crippen LogP contribution < -0.4 is 16.4 Å².